The van der Waals surface area contributed by atoms with E-state index in [-0.39, 0.29) is 0 Å². The molecule has 2 heteroatoms. The fourth-order valence-electron chi connectivity index (χ4n) is 4.37. The van der Waals surface area contributed by atoms with Crippen LogP contribution in [0.1, 0.15) is 31.9 Å². The van der Waals surface area contributed by atoms with E-state index in [1.807, 2.05) is 0 Å². The molecular weight excluding hydrogens is 304 g/mol. The molecule has 0 spiro atoms. The van der Waals surface area contributed by atoms with Gasteiger partial charge in [-0.2, -0.15) is 0 Å². The zero-order chi connectivity index (χ0) is 17.2. The Bertz CT molecular complexity index is 864. The van der Waals surface area contributed by atoms with Crippen LogP contribution in [-0.2, 0) is 0 Å². The van der Waals surface area contributed by atoms with Gasteiger partial charge in [-0.25, -0.2) is 0 Å². The Morgan fingerprint density at radius 2 is 1.56 bits per heavy atom. The molecule has 1 unspecified atom stereocenters. The summed E-state index contributed by atoms with van der Waals surface area (Å²) in [6, 6.07) is 20.7. The molecule has 0 bridgehead atoms. The summed E-state index contributed by atoms with van der Waals surface area (Å²) < 4.78 is 0. The number of fused-ring (bicyclic) bond motifs is 3. The van der Waals surface area contributed by atoms with Crippen molar-refractivity contribution in [1.29, 1.82) is 0 Å². The van der Waals surface area contributed by atoms with Crippen LogP contribution in [0.3, 0.4) is 0 Å². The van der Waals surface area contributed by atoms with E-state index in [1.54, 1.807) is 0 Å². The van der Waals surface area contributed by atoms with Crippen LogP contribution < -0.4 is 5.32 Å². The second-order valence-corrected chi connectivity index (χ2v) is 7.35. The average molecular weight is 332 g/mol. The lowest BCUT2D eigenvalue weighted by molar-refractivity contribution is 0.129. The molecule has 1 fully saturated rings. The smallest absolute Gasteiger partial charge is 0.0381 e. The van der Waals surface area contributed by atoms with Crippen LogP contribution in [0.5, 0.6) is 0 Å². The lowest BCUT2D eigenvalue weighted by Crippen LogP contribution is -2.46. The van der Waals surface area contributed by atoms with Gasteiger partial charge in [0.05, 0.1) is 0 Å². The van der Waals surface area contributed by atoms with E-state index in [4.69, 9.17) is 0 Å². The maximum atomic E-state index is 3.50. The number of nitrogens with one attached hydrogen (secondary N) is 1. The highest BCUT2D eigenvalue weighted by Gasteiger charge is 2.28. The molecular formula is C23H28N2. The molecule has 0 amide bonds. The lowest BCUT2D eigenvalue weighted by atomic mass is 9.85. The van der Waals surface area contributed by atoms with Gasteiger partial charge in [-0.3, -0.25) is 4.90 Å². The van der Waals surface area contributed by atoms with Crippen molar-refractivity contribution in [3.8, 4) is 0 Å². The fourth-order valence-corrected chi connectivity index (χ4v) is 4.37. The van der Waals surface area contributed by atoms with Crippen LogP contribution in [0, 0.1) is 5.92 Å². The zero-order valence-electron chi connectivity index (χ0n) is 15.3. The molecule has 0 aliphatic carbocycles. The van der Waals surface area contributed by atoms with Crippen molar-refractivity contribution in [3.63, 3.8) is 0 Å². The van der Waals surface area contributed by atoms with E-state index in [0.29, 0.717) is 12.0 Å². The van der Waals surface area contributed by atoms with E-state index in [0.717, 1.165) is 26.2 Å². The Labute approximate surface area is 150 Å². The fraction of sp³-hybridized carbons (Fsp3) is 0.391. The summed E-state index contributed by atoms with van der Waals surface area (Å²) in [6.45, 7) is 9.20. The largest absolute Gasteiger partial charge is 0.314 e. The standard InChI is InChI=1S/C23H28N2/c1-3-17(2)23(25-14-12-24-13-15-25)22-16-18-8-4-5-9-19(18)20-10-6-7-11-21(20)22/h4-11,16-17,23-24H,3,12-15H2,1-2H3/t17?,23-/m0/s1. The van der Waals surface area contributed by atoms with Crippen LogP contribution in [0.15, 0.2) is 54.6 Å². The van der Waals surface area contributed by atoms with Gasteiger partial charge in [0.2, 0.25) is 0 Å². The van der Waals surface area contributed by atoms with Gasteiger partial charge in [-0.15, -0.1) is 0 Å². The van der Waals surface area contributed by atoms with Crippen LogP contribution in [0.4, 0.5) is 0 Å². The first-order valence-corrected chi connectivity index (χ1v) is 9.64. The topological polar surface area (TPSA) is 15.3 Å². The van der Waals surface area contributed by atoms with Crippen LogP contribution in [0.2, 0.25) is 0 Å². The third-order valence-corrected chi connectivity index (χ3v) is 5.85. The van der Waals surface area contributed by atoms with E-state index in [1.165, 1.54) is 33.5 Å². The normalized spacial score (nSPS) is 18.5. The number of nitrogens with zero attached hydrogens (tertiary/aromatic N) is 1. The minimum absolute atomic E-state index is 0.488. The molecule has 1 aliphatic heterocycles. The van der Waals surface area contributed by atoms with Crippen LogP contribution >= 0.6 is 0 Å². The number of rotatable bonds is 4. The van der Waals surface area contributed by atoms with Gasteiger partial charge in [0, 0.05) is 32.2 Å². The van der Waals surface area contributed by atoms with Gasteiger partial charge in [0.15, 0.2) is 0 Å². The van der Waals surface area contributed by atoms with Gasteiger partial charge in [-0.1, -0.05) is 68.8 Å². The average Bonchev–Trinajstić information content (AvgIpc) is 2.69. The van der Waals surface area contributed by atoms with Crippen molar-refractivity contribution in [2.24, 2.45) is 5.92 Å². The molecule has 0 radical (unpaired) electrons. The minimum atomic E-state index is 0.488. The Balaban J connectivity index is 1.94. The maximum Gasteiger partial charge on any atom is 0.0381 e. The number of hydrogen-bond acceptors (Lipinski definition) is 2. The van der Waals surface area contributed by atoms with E-state index < -0.39 is 0 Å². The highest BCUT2D eigenvalue weighted by atomic mass is 15.2. The monoisotopic (exact) mass is 332 g/mol. The summed E-state index contributed by atoms with van der Waals surface area (Å²) in [5, 5.41) is 9.04. The number of benzene rings is 3. The van der Waals surface area contributed by atoms with Crippen molar-refractivity contribution in [2.75, 3.05) is 26.2 Å². The molecule has 130 valence electrons. The van der Waals surface area contributed by atoms with Crippen molar-refractivity contribution < 1.29 is 0 Å². The Morgan fingerprint density at radius 3 is 2.28 bits per heavy atom. The Hall–Kier alpha value is -1.90. The third-order valence-electron chi connectivity index (χ3n) is 5.85. The summed E-state index contributed by atoms with van der Waals surface area (Å²) >= 11 is 0. The van der Waals surface area contributed by atoms with Gasteiger partial charge in [0.1, 0.15) is 0 Å². The molecule has 0 aromatic heterocycles. The summed E-state index contributed by atoms with van der Waals surface area (Å²) in [5.74, 6) is 0.641. The summed E-state index contributed by atoms with van der Waals surface area (Å²) in [6.07, 6.45) is 1.20. The third kappa shape index (κ3) is 3.05. The highest BCUT2D eigenvalue weighted by Crippen LogP contribution is 2.38. The van der Waals surface area contributed by atoms with E-state index in [9.17, 15) is 0 Å². The van der Waals surface area contributed by atoms with Crippen molar-refractivity contribution in [3.05, 3.63) is 60.2 Å². The molecule has 1 saturated heterocycles. The zero-order valence-corrected chi connectivity index (χ0v) is 15.3. The van der Waals surface area contributed by atoms with Gasteiger partial charge in [-0.05, 0) is 39.1 Å². The molecule has 1 N–H and O–H groups in total. The molecule has 3 aromatic carbocycles. The van der Waals surface area contributed by atoms with E-state index >= 15 is 0 Å². The molecule has 2 nitrogen and oxygen atoms in total. The number of piperazine rings is 1. The molecule has 4 rings (SSSR count). The minimum Gasteiger partial charge on any atom is -0.314 e. The van der Waals surface area contributed by atoms with Gasteiger partial charge >= 0.3 is 0 Å². The molecule has 0 saturated carbocycles. The maximum absolute atomic E-state index is 3.50. The first-order chi connectivity index (χ1) is 12.3. The second-order valence-electron chi connectivity index (χ2n) is 7.35. The first kappa shape index (κ1) is 16.6. The highest BCUT2D eigenvalue weighted by molar-refractivity contribution is 6.09. The van der Waals surface area contributed by atoms with E-state index in [2.05, 4.69) is 78.7 Å². The summed E-state index contributed by atoms with van der Waals surface area (Å²) in [4.78, 5) is 2.70. The quantitative estimate of drug-likeness (QED) is 0.677. The van der Waals surface area contributed by atoms with Crippen molar-refractivity contribution in [1.82, 2.24) is 10.2 Å². The van der Waals surface area contributed by atoms with Crippen LogP contribution in [-0.4, -0.2) is 31.1 Å². The number of hydrogen-bond donors (Lipinski definition) is 1. The van der Waals surface area contributed by atoms with Crippen LogP contribution in [0.25, 0.3) is 21.5 Å². The van der Waals surface area contributed by atoms with Crippen molar-refractivity contribution in [2.45, 2.75) is 26.3 Å². The Kier molecular flexibility index (Phi) is 4.74. The lowest BCUT2D eigenvalue weighted by Gasteiger charge is -2.39. The van der Waals surface area contributed by atoms with Crippen molar-refractivity contribution >= 4 is 21.5 Å². The predicted molar refractivity (Wildman–Crippen MR) is 108 cm³/mol. The molecule has 2 atom stereocenters. The van der Waals surface area contributed by atoms with Gasteiger partial charge < -0.3 is 5.32 Å². The summed E-state index contributed by atoms with van der Waals surface area (Å²) in [5.41, 5.74) is 1.51. The molecule has 1 heterocycles. The SMILES string of the molecule is CCC(C)[C@@H](c1cc2ccccc2c2ccccc12)N1CCNCC1. The molecule has 25 heavy (non-hydrogen) atoms. The Morgan fingerprint density at radius 1 is 0.920 bits per heavy atom. The molecule has 3 aromatic rings. The molecule has 1 aliphatic rings. The first-order valence-electron chi connectivity index (χ1n) is 9.64. The second kappa shape index (κ2) is 7.15. The predicted octanol–water partition coefficient (Wildman–Crippen LogP) is 4.99. The summed E-state index contributed by atoms with van der Waals surface area (Å²) in [7, 11) is 0. The van der Waals surface area contributed by atoms with Gasteiger partial charge in [0.25, 0.3) is 0 Å².